The molecule has 0 amide bonds. The van der Waals surface area contributed by atoms with Crippen molar-refractivity contribution in [1.82, 2.24) is 0 Å². The first-order chi connectivity index (χ1) is 11.5. The van der Waals surface area contributed by atoms with Gasteiger partial charge in [-0.3, -0.25) is 14.4 Å². The van der Waals surface area contributed by atoms with Crippen LogP contribution in [-0.4, -0.2) is 22.6 Å². The largest absolute Gasteiger partial charge is 0.481 e. The molecule has 134 valence electrons. The van der Waals surface area contributed by atoms with Gasteiger partial charge in [0.05, 0.1) is 0 Å². The highest BCUT2D eigenvalue weighted by atomic mass is 16.4. The van der Waals surface area contributed by atoms with Gasteiger partial charge < -0.3 is 5.11 Å². The molecule has 2 unspecified atom stereocenters. The Bertz CT molecular complexity index is 476. The minimum absolute atomic E-state index is 0.0659. The molecule has 1 aliphatic rings. The lowest BCUT2D eigenvalue weighted by Crippen LogP contribution is -2.17. The summed E-state index contributed by atoms with van der Waals surface area (Å²) in [6.45, 7) is 2.12. The number of carboxylic acids is 1. The smallest absolute Gasteiger partial charge is 0.303 e. The van der Waals surface area contributed by atoms with Gasteiger partial charge in [0.2, 0.25) is 0 Å². The Morgan fingerprint density at radius 1 is 1.12 bits per heavy atom. The molecule has 0 aromatic rings. The van der Waals surface area contributed by atoms with Crippen LogP contribution in [0.2, 0.25) is 0 Å². The molecule has 1 N–H and O–H groups in total. The van der Waals surface area contributed by atoms with Gasteiger partial charge in [0.25, 0.3) is 0 Å². The van der Waals surface area contributed by atoms with Gasteiger partial charge in [0.15, 0.2) is 5.78 Å². The molecule has 24 heavy (non-hydrogen) atoms. The number of carboxylic acid groups (broad SMARTS) is 1. The summed E-state index contributed by atoms with van der Waals surface area (Å²) in [4.78, 5) is 34.3. The molecule has 0 aromatic carbocycles. The van der Waals surface area contributed by atoms with Gasteiger partial charge in [0.1, 0.15) is 5.78 Å². The van der Waals surface area contributed by atoms with E-state index in [1.54, 1.807) is 6.08 Å². The molecule has 0 bridgehead atoms. The second-order valence-corrected chi connectivity index (χ2v) is 6.56. The first-order valence-corrected chi connectivity index (χ1v) is 9.15. The van der Waals surface area contributed by atoms with E-state index in [2.05, 4.69) is 6.92 Å². The van der Waals surface area contributed by atoms with Crippen molar-refractivity contribution in [3.63, 3.8) is 0 Å². The summed E-state index contributed by atoms with van der Waals surface area (Å²) < 4.78 is 0. The molecule has 0 saturated heterocycles. The first-order valence-electron chi connectivity index (χ1n) is 9.15. The summed E-state index contributed by atoms with van der Waals surface area (Å²) in [6, 6.07) is 0. The molecule has 4 heteroatoms. The molecule has 2 atom stereocenters. The van der Waals surface area contributed by atoms with Crippen LogP contribution in [0.25, 0.3) is 0 Å². The number of carbonyl (C=O) groups is 3. The van der Waals surface area contributed by atoms with Crippen molar-refractivity contribution in [2.75, 3.05) is 0 Å². The maximum absolute atomic E-state index is 12.0. The second-order valence-electron chi connectivity index (χ2n) is 6.56. The number of carbonyl (C=O) groups excluding carboxylic acids is 2. The topological polar surface area (TPSA) is 71.4 Å². The summed E-state index contributed by atoms with van der Waals surface area (Å²) in [7, 11) is 0. The molecule has 0 spiro atoms. The van der Waals surface area contributed by atoms with Crippen LogP contribution in [-0.2, 0) is 14.4 Å². The molecule has 0 heterocycles. The fourth-order valence-electron chi connectivity index (χ4n) is 3.04. The second kappa shape index (κ2) is 11.8. The Hall–Kier alpha value is -1.71. The third-order valence-electron chi connectivity index (χ3n) is 4.52. The minimum atomic E-state index is -0.767. The highest BCUT2D eigenvalue weighted by Gasteiger charge is 2.29. The number of hydrogen-bond donors (Lipinski definition) is 1. The average molecular weight is 334 g/mol. The van der Waals surface area contributed by atoms with Crippen LogP contribution in [0.4, 0.5) is 0 Å². The van der Waals surface area contributed by atoms with E-state index in [1.807, 2.05) is 18.2 Å². The maximum Gasteiger partial charge on any atom is 0.303 e. The molecule has 1 aliphatic carbocycles. The summed E-state index contributed by atoms with van der Waals surface area (Å²) in [5, 5.41) is 8.58. The quantitative estimate of drug-likeness (QED) is 0.398. The predicted molar refractivity (Wildman–Crippen MR) is 94.8 cm³/mol. The zero-order valence-electron chi connectivity index (χ0n) is 14.7. The molecule has 0 aromatic heterocycles. The van der Waals surface area contributed by atoms with Gasteiger partial charge in [0, 0.05) is 25.2 Å². The molecule has 1 rings (SSSR count). The molecular weight excluding hydrogens is 304 g/mol. The monoisotopic (exact) mass is 334 g/mol. The van der Waals surface area contributed by atoms with Gasteiger partial charge in [-0.1, -0.05) is 38.0 Å². The molecule has 0 saturated carbocycles. The number of rotatable bonds is 13. The Kier molecular flexibility index (Phi) is 9.97. The van der Waals surface area contributed by atoms with Crippen molar-refractivity contribution in [2.24, 2.45) is 11.8 Å². The lowest BCUT2D eigenvalue weighted by atomic mass is 9.87. The van der Waals surface area contributed by atoms with Crippen LogP contribution in [0.3, 0.4) is 0 Å². The number of Topliss-reactive ketones (excluding diaryl/α,β-unsaturated/α-hetero) is 1. The van der Waals surface area contributed by atoms with E-state index in [1.165, 1.54) is 0 Å². The first kappa shape index (κ1) is 20.3. The lowest BCUT2D eigenvalue weighted by Gasteiger charge is -2.16. The summed E-state index contributed by atoms with van der Waals surface area (Å²) >= 11 is 0. The van der Waals surface area contributed by atoms with E-state index >= 15 is 0 Å². The van der Waals surface area contributed by atoms with Crippen molar-refractivity contribution in [1.29, 1.82) is 0 Å². The third-order valence-corrected chi connectivity index (χ3v) is 4.52. The van der Waals surface area contributed by atoms with E-state index in [0.717, 1.165) is 32.1 Å². The fraction of sp³-hybridized carbons (Fsp3) is 0.650. The zero-order valence-corrected chi connectivity index (χ0v) is 14.7. The van der Waals surface area contributed by atoms with Gasteiger partial charge in [-0.25, -0.2) is 0 Å². The van der Waals surface area contributed by atoms with Gasteiger partial charge in [-0.2, -0.15) is 0 Å². The number of unbranched alkanes of at least 4 members (excludes halogenated alkanes) is 3. The molecule has 4 nitrogen and oxygen atoms in total. The Balaban J connectivity index is 2.29. The Morgan fingerprint density at radius 2 is 1.92 bits per heavy atom. The standard InChI is InChI=1S/C20H30O4/c1-2-3-6-10-17(21)13-14-18-16(12-15-19(18)22)9-7-4-5-8-11-20(23)24/h4,7,12,15-16,18H,2-3,5-6,8-11,13-14H2,1H3,(H,23,24)/b7-4-. The third kappa shape index (κ3) is 8.23. The van der Waals surface area contributed by atoms with Crippen molar-refractivity contribution in [3.05, 3.63) is 24.3 Å². The van der Waals surface area contributed by atoms with Gasteiger partial charge in [-0.05, 0) is 44.1 Å². The predicted octanol–water partition coefficient (Wildman–Crippen LogP) is 4.49. The Morgan fingerprint density at radius 3 is 2.62 bits per heavy atom. The minimum Gasteiger partial charge on any atom is -0.481 e. The molecule has 0 aliphatic heterocycles. The highest BCUT2D eigenvalue weighted by Crippen LogP contribution is 2.30. The van der Waals surface area contributed by atoms with Crippen molar-refractivity contribution >= 4 is 17.5 Å². The highest BCUT2D eigenvalue weighted by molar-refractivity contribution is 5.95. The van der Waals surface area contributed by atoms with Gasteiger partial charge >= 0.3 is 5.97 Å². The van der Waals surface area contributed by atoms with E-state index in [9.17, 15) is 14.4 Å². The number of hydrogen-bond acceptors (Lipinski definition) is 3. The zero-order chi connectivity index (χ0) is 17.8. The maximum atomic E-state index is 12.0. The summed E-state index contributed by atoms with van der Waals surface area (Å²) in [5.74, 6) is -0.247. The van der Waals surface area contributed by atoms with E-state index < -0.39 is 5.97 Å². The Labute approximate surface area is 145 Å². The number of allylic oxidation sites excluding steroid dienone is 4. The van der Waals surface area contributed by atoms with Crippen molar-refractivity contribution in [3.8, 4) is 0 Å². The van der Waals surface area contributed by atoms with Crippen LogP contribution in [0, 0.1) is 11.8 Å². The van der Waals surface area contributed by atoms with Crippen LogP contribution in [0.5, 0.6) is 0 Å². The van der Waals surface area contributed by atoms with Crippen LogP contribution in [0.1, 0.15) is 71.1 Å². The van der Waals surface area contributed by atoms with Crippen molar-refractivity contribution < 1.29 is 19.5 Å². The van der Waals surface area contributed by atoms with Crippen LogP contribution in [0.15, 0.2) is 24.3 Å². The van der Waals surface area contributed by atoms with Crippen molar-refractivity contribution in [2.45, 2.75) is 71.1 Å². The SMILES string of the molecule is CCCCCC(=O)CCC1C(=O)C=CC1C/C=C\CCCC(=O)O. The molecule has 0 fully saturated rings. The van der Waals surface area contributed by atoms with Crippen LogP contribution >= 0.6 is 0 Å². The fourth-order valence-corrected chi connectivity index (χ4v) is 3.04. The van der Waals surface area contributed by atoms with Gasteiger partial charge in [-0.15, -0.1) is 0 Å². The normalized spacial score (nSPS) is 20.1. The average Bonchev–Trinajstić information content (AvgIpc) is 2.89. The van der Waals surface area contributed by atoms with Crippen LogP contribution < -0.4 is 0 Å². The summed E-state index contributed by atoms with van der Waals surface area (Å²) in [6.07, 6.45) is 14.9. The molecule has 0 radical (unpaired) electrons. The number of ketones is 2. The van der Waals surface area contributed by atoms with E-state index in [0.29, 0.717) is 25.7 Å². The van der Waals surface area contributed by atoms with E-state index in [-0.39, 0.29) is 29.8 Å². The lowest BCUT2D eigenvalue weighted by molar-refractivity contribution is -0.137. The number of aliphatic carboxylic acids is 1. The molecular formula is C20H30O4. The summed E-state index contributed by atoms with van der Waals surface area (Å²) in [5.41, 5.74) is 0. The van der Waals surface area contributed by atoms with E-state index in [4.69, 9.17) is 5.11 Å².